The first kappa shape index (κ1) is 12.7. The molecular weight excluding hydrogens is 278 g/mol. The number of benzene rings is 1. The zero-order valence-electron chi connectivity index (χ0n) is 11.0. The first-order valence-electron chi connectivity index (χ1n) is 5.97. The van der Waals surface area contributed by atoms with Gasteiger partial charge in [-0.05, 0) is 12.1 Å². The maximum atomic E-state index is 12.1. The van der Waals surface area contributed by atoms with Crippen LogP contribution in [0.25, 0.3) is 10.9 Å². The lowest BCUT2D eigenvalue weighted by Gasteiger charge is -2.00. The lowest BCUT2D eigenvalue weighted by atomic mass is 10.2. The Balaban J connectivity index is 2.01. The maximum absolute atomic E-state index is 12.1. The van der Waals surface area contributed by atoms with Crippen LogP contribution in [0.15, 0.2) is 30.7 Å². The molecule has 0 spiro atoms. The maximum Gasteiger partial charge on any atom is 0.277 e. The van der Waals surface area contributed by atoms with Gasteiger partial charge in [0, 0.05) is 20.3 Å². The summed E-state index contributed by atoms with van der Waals surface area (Å²) in [5.41, 5.74) is 1.19. The van der Waals surface area contributed by atoms with Gasteiger partial charge >= 0.3 is 0 Å². The van der Waals surface area contributed by atoms with Crippen LogP contribution in [0.3, 0.4) is 0 Å². The number of hydrogen-bond acceptors (Lipinski definition) is 3. The van der Waals surface area contributed by atoms with Crippen LogP contribution in [-0.4, -0.2) is 25.2 Å². The standard InChI is InChI=1S/C13H12ClN5O/c1-18-6-9(15-7-18)13(20)16-12-11-8(14)4-3-5-10(11)19(2)17-12/h3-7H,1-2H3,(H,16,17,20). The van der Waals surface area contributed by atoms with Crippen molar-refractivity contribution in [1.82, 2.24) is 19.3 Å². The summed E-state index contributed by atoms with van der Waals surface area (Å²) in [7, 11) is 3.60. The van der Waals surface area contributed by atoms with Gasteiger partial charge in [-0.2, -0.15) is 5.10 Å². The van der Waals surface area contributed by atoms with Gasteiger partial charge in [-0.15, -0.1) is 0 Å². The molecule has 6 nitrogen and oxygen atoms in total. The summed E-state index contributed by atoms with van der Waals surface area (Å²) in [4.78, 5) is 16.1. The zero-order valence-corrected chi connectivity index (χ0v) is 11.7. The minimum absolute atomic E-state index is 0.314. The summed E-state index contributed by atoms with van der Waals surface area (Å²) >= 11 is 6.18. The topological polar surface area (TPSA) is 64.7 Å². The Hall–Kier alpha value is -2.34. The van der Waals surface area contributed by atoms with E-state index in [1.807, 2.05) is 12.1 Å². The smallest absolute Gasteiger partial charge is 0.277 e. The highest BCUT2D eigenvalue weighted by molar-refractivity contribution is 6.36. The van der Waals surface area contributed by atoms with Crippen molar-refractivity contribution in [3.63, 3.8) is 0 Å². The number of imidazole rings is 1. The Morgan fingerprint density at radius 3 is 2.85 bits per heavy atom. The Morgan fingerprint density at radius 2 is 2.15 bits per heavy atom. The van der Waals surface area contributed by atoms with Gasteiger partial charge in [-0.3, -0.25) is 9.48 Å². The molecule has 0 saturated carbocycles. The van der Waals surface area contributed by atoms with Gasteiger partial charge in [-0.1, -0.05) is 17.7 Å². The number of aryl methyl sites for hydroxylation is 2. The lowest BCUT2D eigenvalue weighted by molar-refractivity contribution is 0.102. The predicted molar refractivity (Wildman–Crippen MR) is 76.9 cm³/mol. The lowest BCUT2D eigenvalue weighted by Crippen LogP contribution is -2.13. The molecular formula is C13H12ClN5O. The third kappa shape index (κ3) is 2.04. The molecule has 1 aromatic carbocycles. The number of nitrogens with one attached hydrogen (secondary N) is 1. The van der Waals surface area contributed by atoms with Crippen LogP contribution < -0.4 is 5.32 Å². The number of amides is 1. The number of halogens is 1. The first-order valence-corrected chi connectivity index (χ1v) is 6.34. The zero-order chi connectivity index (χ0) is 14.3. The molecule has 20 heavy (non-hydrogen) atoms. The minimum Gasteiger partial charge on any atom is -0.340 e. The van der Waals surface area contributed by atoms with E-state index in [-0.39, 0.29) is 5.91 Å². The second kappa shape index (κ2) is 4.64. The van der Waals surface area contributed by atoms with Gasteiger partial charge in [0.2, 0.25) is 0 Å². The largest absolute Gasteiger partial charge is 0.340 e. The van der Waals surface area contributed by atoms with E-state index in [0.717, 1.165) is 10.9 Å². The average Bonchev–Trinajstić information content (AvgIpc) is 2.96. The second-order valence-corrected chi connectivity index (χ2v) is 4.89. The number of anilines is 1. The van der Waals surface area contributed by atoms with Gasteiger partial charge < -0.3 is 9.88 Å². The molecule has 0 bridgehead atoms. The molecule has 0 radical (unpaired) electrons. The fourth-order valence-electron chi connectivity index (χ4n) is 2.06. The Labute approximate surface area is 120 Å². The highest BCUT2D eigenvalue weighted by Crippen LogP contribution is 2.29. The normalized spacial score (nSPS) is 10.9. The van der Waals surface area contributed by atoms with E-state index in [9.17, 15) is 4.79 Å². The van der Waals surface area contributed by atoms with Gasteiger partial charge in [0.15, 0.2) is 5.82 Å². The summed E-state index contributed by atoms with van der Waals surface area (Å²) in [5.74, 6) is 0.120. The molecule has 3 rings (SSSR count). The number of rotatable bonds is 2. The molecule has 0 aliphatic carbocycles. The van der Waals surface area contributed by atoms with Gasteiger partial charge in [-0.25, -0.2) is 4.98 Å². The summed E-state index contributed by atoms with van der Waals surface area (Å²) in [6, 6.07) is 5.50. The predicted octanol–water partition coefficient (Wildman–Crippen LogP) is 2.21. The highest BCUT2D eigenvalue weighted by atomic mass is 35.5. The number of carbonyl (C=O) groups is 1. The molecule has 0 fully saturated rings. The second-order valence-electron chi connectivity index (χ2n) is 4.48. The van der Waals surface area contributed by atoms with Crippen LogP contribution in [0.1, 0.15) is 10.5 Å². The fraction of sp³-hybridized carbons (Fsp3) is 0.154. The minimum atomic E-state index is -0.314. The van der Waals surface area contributed by atoms with Crippen molar-refractivity contribution in [3.05, 3.63) is 41.4 Å². The Bertz CT molecular complexity index is 804. The number of aromatic nitrogens is 4. The van der Waals surface area contributed by atoms with Crippen LogP contribution in [0.5, 0.6) is 0 Å². The monoisotopic (exact) mass is 289 g/mol. The SMILES string of the molecule is Cn1cnc(C(=O)Nc2nn(C)c3cccc(Cl)c23)c1. The van der Waals surface area contributed by atoms with E-state index in [1.165, 1.54) is 0 Å². The van der Waals surface area contributed by atoms with E-state index < -0.39 is 0 Å². The van der Waals surface area contributed by atoms with Crippen molar-refractivity contribution in [3.8, 4) is 0 Å². The third-order valence-corrected chi connectivity index (χ3v) is 3.31. The quantitative estimate of drug-likeness (QED) is 0.787. The molecule has 0 unspecified atom stereocenters. The number of nitrogens with zero attached hydrogens (tertiary/aromatic N) is 4. The molecule has 1 N–H and O–H groups in total. The number of fused-ring (bicyclic) bond motifs is 1. The molecule has 0 aliphatic heterocycles. The van der Waals surface area contributed by atoms with E-state index in [2.05, 4.69) is 15.4 Å². The molecule has 1 amide bonds. The molecule has 0 saturated heterocycles. The van der Waals surface area contributed by atoms with Crippen molar-refractivity contribution in [2.75, 3.05) is 5.32 Å². The highest BCUT2D eigenvalue weighted by Gasteiger charge is 2.16. The Morgan fingerprint density at radius 1 is 1.35 bits per heavy atom. The summed E-state index contributed by atoms with van der Waals surface area (Å²) < 4.78 is 3.38. The van der Waals surface area contributed by atoms with E-state index in [4.69, 9.17) is 11.6 Å². The molecule has 7 heteroatoms. The number of hydrogen-bond donors (Lipinski definition) is 1. The fourth-order valence-corrected chi connectivity index (χ4v) is 2.32. The van der Waals surface area contributed by atoms with Gasteiger partial charge in [0.1, 0.15) is 5.69 Å². The molecule has 3 aromatic rings. The van der Waals surface area contributed by atoms with Crippen LogP contribution in [0.2, 0.25) is 5.02 Å². The Kier molecular flexibility index (Phi) is 2.94. The molecule has 0 aliphatic rings. The van der Waals surface area contributed by atoms with E-state index in [1.54, 1.807) is 41.9 Å². The van der Waals surface area contributed by atoms with Crippen molar-refractivity contribution in [2.45, 2.75) is 0 Å². The van der Waals surface area contributed by atoms with Crippen molar-refractivity contribution < 1.29 is 4.79 Å². The van der Waals surface area contributed by atoms with Crippen LogP contribution in [0, 0.1) is 0 Å². The summed E-state index contributed by atoms with van der Waals surface area (Å²) in [6.07, 6.45) is 3.21. The van der Waals surface area contributed by atoms with Crippen molar-refractivity contribution >= 4 is 34.2 Å². The van der Waals surface area contributed by atoms with Gasteiger partial charge in [0.25, 0.3) is 5.91 Å². The van der Waals surface area contributed by atoms with Gasteiger partial charge in [0.05, 0.1) is 22.3 Å². The third-order valence-electron chi connectivity index (χ3n) is 3.00. The van der Waals surface area contributed by atoms with Crippen LogP contribution >= 0.6 is 11.6 Å². The van der Waals surface area contributed by atoms with E-state index in [0.29, 0.717) is 16.5 Å². The first-order chi connectivity index (χ1) is 9.56. The van der Waals surface area contributed by atoms with Crippen molar-refractivity contribution in [1.29, 1.82) is 0 Å². The molecule has 0 atom stereocenters. The molecule has 2 aromatic heterocycles. The van der Waals surface area contributed by atoms with Crippen LogP contribution in [0.4, 0.5) is 5.82 Å². The molecule has 102 valence electrons. The van der Waals surface area contributed by atoms with Crippen LogP contribution in [-0.2, 0) is 14.1 Å². The summed E-state index contributed by atoms with van der Waals surface area (Å²) in [6.45, 7) is 0. The van der Waals surface area contributed by atoms with Crippen molar-refractivity contribution in [2.24, 2.45) is 14.1 Å². The number of carbonyl (C=O) groups excluding carboxylic acids is 1. The molecule has 2 heterocycles. The van der Waals surface area contributed by atoms with E-state index >= 15 is 0 Å². The summed E-state index contributed by atoms with van der Waals surface area (Å²) in [5, 5.41) is 8.30. The average molecular weight is 290 g/mol.